The number of rotatable bonds is 3. The smallest absolute Gasteiger partial charge is 0.321 e. The number of hydrogen-bond acceptors (Lipinski definition) is 3. The van der Waals surface area contributed by atoms with Crippen LogP contribution in [0.25, 0.3) is 0 Å². The third-order valence-electron chi connectivity index (χ3n) is 3.15. The van der Waals surface area contributed by atoms with Crippen LogP contribution in [-0.2, 0) is 14.3 Å². The van der Waals surface area contributed by atoms with Gasteiger partial charge in [0.05, 0.1) is 7.11 Å². The lowest BCUT2D eigenvalue weighted by atomic mass is 10.1. The van der Waals surface area contributed by atoms with Crippen molar-refractivity contribution in [3.63, 3.8) is 0 Å². The molecular weight excluding hydrogens is 182 g/mol. The third kappa shape index (κ3) is 1.29. The Bertz CT molecular complexity index is 279. The minimum atomic E-state index is -0.813. The van der Waals surface area contributed by atoms with Gasteiger partial charge in [-0.2, -0.15) is 0 Å². The van der Waals surface area contributed by atoms with Crippen molar-refractivity contribution in [2.75, 3.05) is 14.2 Å². The molecule has 2 aliphatic rings. The number of nitrogens with zero attached hydrogens (tertiary/aromatic N) is 1. The molecule has 0 saturated heterocycles. The Labute approximate surface area is 83.2 Å². The van der Waals surface area contributed by atoms with Crippen molar-refractivity contribution in [3.05, 3.63) is 0 Å². The lowest BCUT2D eigenvalue weighted by molar-refractivity contribution is -0.155. The van der Waals surface area contributed by atoms with E-state index in [0.29, 0.717) is 18.9 Å². The largest absolute Gasteiger partial charge is 0.468 e. The maximum Gasteiger partial charge on any atom is 0.321 e. The fourth-order valence-electron chi connectivity index (χ4n) is 1.79. The molecule has 0 atom stereocenters. The summed E-state index contributed by atoms with van der Waals surface area (Å²) in [5.41, 5.74) is -0.813. The molecule has 2 rings (SSSR count). The highest BCUT2D eigenvalue weighted by molar-refractivity contribution is 6.05. The summed E-state index contributed by atoms with van der Waals surface area (Å²) in [4.78, 5) is 25.1. The molecule has 2 fully saturated rings. The third-order valence-corrected chi connectivity index (χ3v) is 3.15. The second kappa shape index (κ2) is 2.97. The minimum absolute atomic E-state index is 0.0492. The standard InChI is InChI=1S/C10H15NO3/c1-11(7-3-4-7)8(12)10(5-6-10)9(13)14-2/h7H,3-6H2,1-2H3. The first-order valence-electron chi connectivity index (χ1n) is 4.97. The molecule has 0 aromatic heterocycles. The molecule has 0 N–H and O–H groups in total. The fourth-order valence-corrected chi connectivity index (χ4v) is 1.79. The Hall–Kier alpha value is -1.06. The zero-order valence-corrected chi connectivity index (χ0v) is 8.58. The van der Waals surface area contributed by atoms with Gasteiger partial charge in [-0.25, -0.2) is 0 Å². The van der Waals surface area contributed by atoms with Crippen molar-refractivity contribution in [1.29, 1.82) is 0 Å². The van der Waals surface area contributed by atoms with Crippen LogP contribution in [-0.4, -0.2) is 37.0 Å². The highest BCUT2D eigenvalue weighted by Crippen LogP contribution is 2.49. The maximum atomic E-state index is 11.9. The van der Waals surface area contributed by atoms with Crippen LogP contribution < -0.4 is 0 Å². The Morgan fingerprint density at radius 1 is 1.36 bits per heavy atom. The van der Waals surface area contributed by atoms with Gasteiger partial charge in [0.1, 0.15) is 5.41 Å². The molecule has 0 aromatic carbocycles. The Balaban J connectivity index is 2.06. The van der Waals surface area contributed by atoms with E-state index < -0.39 is 5.41 Å². The highest BCUT2D eigenvalue weighted by atomic mass is 16.5. The number of esters is 1. The normalized spacial score (nSPS) is 22.7. The predicted molar refractivity (Wildman–Crippen MR) is 49.5 cm³/mol. The molecule has 2 aliphatic carbocycles. The van der Waals surface area contributed by atoms with E-state index in [1.807, 2.05) is 0 Å². The van der Waals surface area contributed by atoms with E-state index >= 15 is 0 Å². The number of ether oxygens (including phenoxy) is 1. The van der Waals surface area contributed by atoms with Crippen molar-refractivity contribution in [3.8, 4) is 0 Å². The summed E-state index contributed by atoms with van der Waals surface area (Å²) in [7, 11) is 3.12. The SMILES string of the molecule is COC(=O)C1(C(=O)N(C)C2CC2)CC1. The summed E-state index contributed by atoms with van der Waals surface area (Å²) in [5.74, 6) is -0.415. The molecule has 78 valence electrons. The fraction of sp³-hybridized carbons (Fsp3) is 0.800. The molecule has 0 heterocycles. The van der Waals surface area contributed by atoms with Gasteiger partial charge in [0.25, 0.3) is 0 Å². The second-order valence-corrected chi connectivity index (χ2v) is 4.22. The first-order valence-corrected chi connectivity index (χ1v) is 4.97. The Kier molecular flexibility index (Phi) is 2.01. The van der Waals surface area contributed by atoms with Crippen LogP contribution in [0.15, 0.2) is 0 Å². The topological polar surface area (TPSA) is 46.6 Å². The zero-order chi connectivity index (χ0) is 10.3. The van der Waals surface area contributed by atoms with Crippen LogP contribution in [0.4, 0.5) is 0 Å². The zero-order valence-electron chi connectivity index (χ0n) is 8.58. The Morgan fingerprint density at radius 3 is 2.29 bits per heavy atom. The minimum Gasteiger partial charge on any atom is -0.468 e. The number of carbonyl (C=O) groups excluding carboxylic acids is 2. The van der Waals surface area contributed by atoms with Gasteiger partial charge in [0.15, 0.2) is 0 Å². The summed E-state index contributed by atoms with van der Waals surface area (Å²) in [6, 6.07) is 0.365. The molecule has 14 heavy (non-hydrogen) atoms. The lowest BCUT2D eigenvalue weighted by Gasteiger charge is -2.21. The van der Waals surface area contributed by atoms with Crippen molar-refractivity contribution in [1.82, 2.24) is 4.90 Å². The van der Waals surface area contributed by atoms with Gasteiger partial charge < -0.3 is 9.64 Å². The molecule has 0 spiro atoms. The summed E-state index contributed by atoms with van der Waals surface area (Å²) in [6.07, 6.45) is 3.43. The van der Waals surface area contributed by atoms with E-state index in [0.717, 1.165) is 12.8 Å². The van der Waals surface area contributed by atoms with Gasteiger partial charge in [-0.15, -0.1) is 0 Å². The van der Waals surface area contributed by atoms with Crippen LogP contribution in [0.5, 0.6) is 0 Å². The van der Waals surface area contributed by atoms with Gasteiger partial charge >= 0.3 is 5.97 Å². The molecular formula is C10H15NO3. The Morgan fingerprint density at radius 2 is 1.93 bits per heavy atom. The van der Waals surface area contributed by atoms with Gasteiger partial charge in [-0.1, -0.05) is 0 Å². The number of methoxy groups -OCH3 is 1. The van der Waals surface area contributed by atoms with Crippen LogP contribution >= 0.6 is 0 Å². The second-order valence-electron chi connectivity index (χ2n) is 4.22. The quantitative estimate of drug-likeness (QED) is 0.490. The molecule has 1 amide bonds. The maximum absolute atomic E-state index is 11.9. The first kappa shape index (κ1) is 9.49. The summed E-state index contributed by atoms with van der Waals surface area (Å²) in [5, 5.41) is 0. The summed E-state index contributed by atoms with van der Waals surface area (Å²) < 4.78 is 4.66. The van der Waals surface area contributed by atoms with E-state index in [1.165, 1.54) is 7.11 Å². The lowest BCUT2D eigenvalue weighted by Crippen LogP contribution is -2.40. The molecule has 0 aromatic rings. The van der Waals surface area contributed by atoms with Crippen molar-refractivity contribution in [2.45, 2.75) is 31.7 Å². The monoisotopic (exact) mass is 197 g/mol. The number of amides is 1. The molecule has 0 radical (unpaired) electrons. The highest BCUT2D eigenvalue weighted by Gasteiger charge is 2.59. The molecule has 0 bridgehead atoms. The van der Waals surface area contributed by atoms with E-state index in [2.05, 4.69) is 4.74 Å². The van der Waals surface area contributed by atoms with Crippen LogP contribution in [0.2, 0.25) is 0 Å². The molecule has 0 unspecified atom stereocenters. The van der Waals surface area contributed by atoms with Crippen LogP contribution in [0.1, 0.15) is 25.7 Å². The van der Waals surface area contributed by atoms with Gasteiger partial charge in [-0.05, 0) is 25.7 Å². The van der Waals surface area contributed by atoms with E-state index in [4.69, 9.17) is 0 Å². The van der Waals surface area contributed by atoms with Gasteiger partial charge in [0.2, 0.25) is 5.91 Å². The van der Waals surface area contributed by atoms with Crippen LogP contribution in [0.3, 0.4) is 0 Å². The number of carbonyl (C=O) groups is 2. The molecule has 0 aliphatic heterocycles. The van der Waals surface area contributed by atoms with Crippen molar-refractivity contribution >= 4 is 11.9 Å². The number of hydrogen-bond donors (Lipinski definition) is 0. The first-order chi connectivity index (χ1) is 6.62. The van der Waals surface area contributed by atoms with E-state index in [-0.39, 0.29) is 11.9 Å². The van der Waals surface area contributed by atoms with Gasteiger partial charge in [0, 0.05) is 13.1 Å². The predicted octanol–water partition coefficient (Wildman–Crippen LogP) is 0.560. The average molecular weight is 197 g/mol. The van der Waals surface area contributed by atoms with Gasteiger partial charge in [-0.3, -0.25) is 9.59 Å². The summed E-state index contributed by atoms with van der Waals surface area (Å²) in [6.45, 7) is 0. The van der Waals surface area contributed by atoms with Crippen molar-refractivity contribution < 1.29 is 14.3 Å². The van der Waals surface area contributed by atoms with Crippen molar-refractivity contribution in [2.24, 2.45) is 5.41 Å². The average Bonchev–Trinajstić information content (AvgIpc) is 3.05. The molecule has 4 nitrogen and oxygen atoms in total. The van der Waals surface area contributed by atoms with E-state index in [9.17, 15) is 9.59 Å². The summed E-state index contributed by atoms with van der Waals surface area (Å²) >= 11 is 0. The molecule has 4 heteroatoms. The van der Waals surface area contributed by atoms with E-state index in [1.54, 1.807) is 11.9 Å². The molecule has 2 saturated carbocycles. The van der Waals surface area contributed by atoms with Crippen LogP contribution in [0, 0.1) is 5.41 Å².